The van der Waals surface area contributed by atoms with Crippen molar-refractivity contribution in [2.45, 2.75) is 242 Å². The van der Waals surface area contributed by atoms with Gasteiger partial charge < -0.3 is 88.2 Å². The zero-order chi connectivity index (χ0) is 59.3. The second-order valence-corrected chi connectivity index (χ2v) is 27.1. The Morgan fingerprint density at radius 3 is 2.11 bits per heavy atom. The molecule has 0 aromatic rings. The number of hydrogen-bond donors (Lipinski definition) is 9. The lowest BCUT2D eigenvalue weighted by Crippen LogP contribution is -2.65. The Hall–Kier alpha value is -2.35. The highest BCUT2D eigenvalue weighted by Gasteiger charge is 2.79. The van der Waals surface area contributed by atoms with Crippen molar-refractivity contribution in [3.8, 4) is 0 Å². The number of methoxy groups -OCH3 is 1. The summed E-state index contributed by atoms with van der Waals surface area (Å²) >= 11 is 0. The van der Waals surface area contributed by atoms with E-state index in [1.54, 1.807) is 0 Å². The van der Waals surface area contributed by atoms with E-state index in [4.69, 9.17) is 51.6 Å². The van der Waals surface area contributed by atoms with E-state index in [0.717, 1.165) is 5.57 Å². The highest BCUT2D eigenvalue weighted by Crippen LogP contribution is 2.77. The number of rotatable bonds is 16. The number of esters is 2. The Labute approximate surface area is 473 Å². The molecule has 4 saturated heterocycles. The normalized spacial score (nSPS) is 49.5. The summed E-state index contributed by atoms with van der Waals surface area (Å²) in [5.41, 5.74) is -0.991. The lowest BCUT2D eigenvalue weighted by Gasteiger charge is -2.64. The van der Waals surface area contributed by atoms with Crippen LogP contribution in [0.2, 0.25) is 0 Å². The number of aliphatic hydroxyl groups excluding tert-OH is 8. The second-order valence-electron chi connectivity index (χ2n) is 26.1. The molecule has 0 amide bonds. The third-order valence-electron chi connectivity index (χ3n) is 20.7. The Balaban J connectivity index is 0.908. The molecule has 4 saturated carbocycles. The van der Waals surface area contributed by atoms with Gasteiger partial charge in [0.15, 0.2) is 18.9 Å². The summed E-state index contributed by atoms with van der Waals surface area (Å²) in [7, 11) is -3.89. The number of carbonyl (C=O) groups is 2. The number of ether oxygens (including phenoxy) is 10. The summed E-state index contributed by atoms with van der Waals surface area (Å²) in [6, 6.07) is 0. The molecule has 9 N–H and O–H groups in total. The van der Waals surface area contributed by atoms with Gasteiger partial charge in [0.1, 0.15) is 78.8 Å². The molecule has 8 fully saturated rings. The second kappa shape index (κ2) is 23.4. The van der Waals surface area contributed by atoms with E-state index < -0.39 is 180 Å². The molecular formula is C56H88O24S. The first-order valence-electron chi connectivity index (χ1n) is 28.7. The fourth-order valence-electron chi connectivity index (χ4n) is 16.7. The number of allylic oxidation sites excluding steroid dienone is 4. The fourth-order valence-corrected chi connectivity index (χ4v) is 17.2. The quantitative estimate of drug-likeness (QED) is 0.0597. The van der Waals surface area contributed by atoms with Gasteiger partial charge in [0, 0.05) is 32.0 Å². The fraction of sp³-hybridized carbons (Fsp3) is 0.893. The Morgan fingerprint density at radius 2 is 1.46 bits per heavy atom. The van der Waals surface area contributed by atoms with Gasteiger partial charge in [-0.3, -0.25) is 14.1 Å². The van der Waals surface area contributed by atoms with Gasteiger partial charge in [-0.15, -0.1) is 0 Å². The molecule has 81 heavy (non-hydrogen) atoms. The molecule has 5 aliphatic carbocycles. The first-order valence-corrected chi connectivity index (χ1v) is 30.0. The predicted molar refractivity (Wildman–Crippen MR) is 279 cm³/mol. The molecule has 15 unspecified atom stereocenters. The molecule has 9 aliphatic rings. The molecule has 4 heterocycles. The number of fused-ring (bicyclic) bond motifs is 4. The van der Waals surface area contributed by atoms with E-state index in [0.29, 0.717) is 51.4 Å². The minimum Gasteiger partial charge on any atom is -0.462 e. The van der Waals surface area contributed by atoms with Crippen LogP contribution in [-0.4, -0.2) is 215 Å². The predicted octanol–water partition coefficient (Wildman–Crippen LogP) is 1.28. The van der Waals surface area contributed by atoms with Gasteiger partial charge in [-0.1, -0.05) is 51.0 Å². The van der Waals surface area contributed by atoms with Crippen molar-refractivity contribution in [1.82, 2.24) is 0 Å². The van der Waals surface area contributed by atoms with Crippen molar-refractivity contribution in [2.75, 3.05) is 26.9 Å². The molecule has 24 nitrogen and oxygen atoms in total. The number of cyclic esters (lactones) is 1. The Bertz CT molecular complexity index is 2460. The lowest BCUT2D eigenvalue weighted by atomic mass is 9.41. The summed E-state index contributed by atoms with van der Waals surface area (Å²) < 4.78 is 99.3. The summed E-state index contributed by atoms with van der Waals surface area (Å²) in [6.07, 6.45) is -18.1. The number of hydrogen-bond acceptors (Lipinski definition) is 23. The topological polar surface area (TPSA) is 352 Å². The summed E-state index contributed by atoms with van der Waals surface area (Å²) in [6.45, 7) is 16.1. The van der Waals surface area contributed by atoms with Crippen LogP contribution in [0.15, 0.2) is 23.3 Å². The lowest BCUT2D eigenvalue weighted by molar-refractivity contribution is -0.377. The molecule has 27 atom stereocenters. The van der Waals surface area contributed by atoms with E-state index in [-0.39, 0.29) is 35.6 Å². The average Bonchev–Trinajstić information content (AvgIpc) is 1.80. The van der Waals surface area contributed by atoms with Crippen molar-refractivity contribution < 1.29 is 115 Å². The molecule has 4 aliphatic heterocycles. The van der Waals surface area contributed by atoms with Crippen LogP contribution in [0.4, 0.5) is 0 Å². The van der Waals surface area contributed by atoms with Gasteiger partial charge >= 0.3 is 22.3 Å². The van der Waals surface area contributed by atoms with Gasteiger partial charge in [-0.05, 0) is 108 Å². The third-order valence-corrected chi connectivity index (χ3v) is 21.2. The van der Waals surface area contributed by atoms with Crippen LogP contribution in [0.1, 0.15) is 120 Å². The first kappa shape index (κ1) is 63.2. The van der Waals surface area contributed by atoms with Crippen LogP contribution in [0, 0.1) is 45.3 Å². The Morgan fingerprint density at radius 1 is 0.778 bits per heavy atom. The minimum absolute atomic E-state index is 0.00677. The van der Waals surface area contributed by atoms with Gasteiger partial charge in [0.2, 0.25) is 0 Å². The van der Waals surface area contributed by atoms with Gasteiger partial charge in [0.05, 0.1) is 49.0 Å². The molecular weight excluding hydrogens is 1090 g/mol. The van der Waals surface area contributed by atoms with E-state index in [2.05, 4.69) is 39.8 Å². The maximum Gasteiger partial charge on any atom is 0.397 e. The van der Waals surface area contributed by atoms with Crippen molar-refractivity contribution >= 4 is 22.3 Å². The highest BCUT2D eigenvalue weighted by atomic mass is 32.3. The molecule has 0 radical (unpaired) electrons. The maximum atomic E-state index is 14.7. The number of aliphatic hydroxyl groups is 8. The largest absolute Gasteiger partial charge is 0.462 e. The third kappa shape index (κ3) is 11.1. The highest BCUT2D eigenvalue weighted by molar-refractivity contribution is 7.80. The summed E-state index contributed by atoms with van der Waals surface area (Å²) in [5, 5.41) is 88.9. The maximum absolute atomic E-state index is 14.7. The van der Waals surface area contributed by atoms with Crippen LogP contribution in [0.25, 0.3) is 0 Å². The van der Waals surface area contributed by atoms with E-state index in [1.165, 1.54) is 26.5 Å². The molecule has 0 aromatic carbocycles. The van der Waals surface area contributed by atoms with E-state index >= 15 is 0 Å². The van der Waals surface area contributed by atoms with Crippen molar-refractivity contribution in [1.29, 1.82) is 0 Å². The zero-order valence-electron chi connectivity index (χ0n) is 48.0. The van der Waals surface area contributed by atoms with Crippen LogP contribution >= 0.6 is 0 Å². The van der Waals surface area contributed by atoms with Crippen molar-refractivity contribution in [2.24, 2.45) is 45.3 Å². The van der Waals surface area contributed by atoms with Crippen LogP contribution in [0.5, 0.6) is 0 Å². The first-order chi connectivity index (χ1) is 37.9. The summed E-state index contributed by atoms with van der Waals surface area (Å²) in [4.78, 5) is 27.4. The van der Waals surface area contributed by atoms with Gasteiger partial charge in [-0.25, -0.2) is 4.18 Å². The van der Waals surface area contributed by atoms with E-state index in [1.807, 2.05) is 20.8 Å². The molecule has 0 aromatic heterocycles. The summed E-state index contributed by atoms with van der Waals surface area (Å²) in [5.74, 6) is -1.70. The molecule has 0 bridgehead atoms. The zero-order valence-corrected chi connectivity index (χ0v) is 48.8. The van der Waals surface area contributed by atoms with Crippen molar-refractivity contribution in [3.63, 3.8) is 0 Å². The average molecular weight is 1180 g/mol. The molecule has 9 rings (SSSR count). The molecule has 1 spiro atoms. The molecule has 462 valence electrons. The SMILES string of the molecule is COC1C(O)[C@H](OC2C(O)[C@H](O[C@@H]3C(C)O[C@@H](OC4C(O)[C@H](OS(=O)(=O)O)CO[C@H]4OC4CC[C@@]5(C)C6CCC78C(=O)O[C@@](C)(CCC=C(C)C)[C@H]7C(OC(C)=O)C[C@@]8(C)C6=CCC5C4(C)C)C(O)C3O)OC[C@H]2O)CC(CO)[C@H]1O. The minimum atomic E-state index is -5.15. The van der Waals surface area contributed by atoms with Gasteiger partial charge in [0.25, 0.3) is 0 Å². The smallest absolute Gasteiger partial charge is 0.397 e. The number of carbonyl (C=O) groups excluding carboxylic acids is 2. The van der Waals surface area contributed by atoms with Crippen LogP contribution < -0.4 is 0 Å². The standard InChI is InChI=1S/C56H88O24S/c1-25(2)12-11-17-55(9)47-33(74-27(4)58)21-54(8)30-13-14-35-52(5,6)36(16-18-53(35,7)29(30)15-19-56(47,54)51(66)79-55)76-50-46(39(62)34(24-72-50)80-81(67,68)69)78-49-41(64)40(63)43(26(3)73-49)77-48-42(65)44(31(59)23-71-48)75-32-20-28(22-57)37(60)45(70-10)38(32)61/h12-13,26,28-29,31-50,57,59-65H,11,14-24H2,1-10H3,(H,67,68,69)/t26?,28?,29?,31-,32-,33?,34-,35?,36?,37-,38?,39?,40?,41?,42?,43-,44?,45?,46?,47-,48+,49+,50+,53+,54+,55+,56?/m1/s1. The van der Waals surface area contributed by atoms with E-state index in [9.17, 15) is 63.4 Å². The monoisotopic (exact) mass is 1180 g/mol. The van der Waals surface area contributed by atoms with Crippen LogP contribution in [-0.2, 0) is 71.5 Å². The van der Waals surface area contributed by atoms with Gasteiger partial charge in [-0.2, -0.15) is 8.42 Å². The Kier molecular flexibility index (Phi) is 18.2. The van der Waals surface area contributed by atoms with Crippen LogP contribution in [0.3, 0.4) is 0 Å². The molecule has 25 heteroatoms. The van der Waals surface area contributed by atoms with Crippen molar-refractivity contribution in [3.05, 3.63) is 23.3 Å².